The lowest BCUT2D eigenvalue weighted by Crippen LogP contribution is -2.55. The minimum atomic E-state index is -1.12. The fraction of sp³-hybridized carbons (Fsp3) is 0.886. The minimum Gasteiger partial charge on any atom is -0.544 e. The SMILES string of the molecule is CCCCCC/C=C/CCCCCCCCCC(=O)OC(COCCC(C(=O)[O-])[N+](C)(C)C)COC(=O)CCCCCCCCCCCCCCC. The second-order valence-corrected chi connectivity index (χ2v) is 15.9. The number of likely N-dealkylation sites (N-methyl/N-ethyl adjacent to an activating group) is 1. The van der Waals surface area contributed by atoms with Gasteiger partial charge in [0, 0.05) is 19.3 Å². The van der Waals surface area contributed by atoms with Crippen LogP contribution in [-0.4, -0.2) is 75.5 Å². The predicted octanol–water partition coefficient (Wildman–Crippen LogP) is 10.2. The second kappa shape index (κ2) is 36.1. The van der Waals surface area contributed by atoms with Gasteiger partial charge in [-0.2, -0.15) is 0 Å². The number of nitrogens with zero attached hydrogens (tertiary/aromatic N) is 1. The normalized spacial score (nSPS) is 13.0. The van der Waals surface area contributed by atoms with Gasteiger partial charge in [0.1, 0.15) is 12.6 Å². The number of esters is 2. The van der Waals surface area contributed by atoms with Crippen LogP contribution in [0.3, 0.4) is 0 Å². The van der Waals surface area contributed by atoms with Gasteiger partial charge < -0.3 is 28.6 Å². The molecule has 8 nitrogen and oxygen atoms in total. The standard InChI is InChI=1S/C44H83NO7/c1-6-8-10-12-14-16-18-20-21-23-25-27-29-31-33-35-43(47)52-40(38-50-37-36-41(44(48)49)45(3,4)5)39-51-42(46)34-32-30-28-26-24-22-19-17-15-13-11-9-7-2/h16,18,40-41H,6-15,17,19-39H2,1-5H3/b18-16+. The van der Waals surface area contributed by atoms with Crippen LogP contribution in [-0.2, 0) is 28.6 Å². The quantitative estimate of drug-likeness (QED) is 0.0268. The molecule has 52 heavy (non-hydrogen) atoms. The number of unbranched alkanes of at least 4 members (excludes halogenated alkanes) is 23. The molecule has 0 radical (unpaired) electrons. The van der Waals surface area contributed by atoms with E-state index >= 15 is 0 Å². The van der Waals surface area contributed by atoms with Crippen molar-refractivity contribution in [2.45, 2.75) is 212 Å². The zero-order chi connectivity index (χ0) is 38.5. The summed E-state index contributed by atoms with van der Waals surface area (Å²) in [6, 6.07) is -0.721. The first-order valence-electron chi connectivity index (χ1n) is 21.7. The van der Waals surface area contributed by atoms with E-state index in [4.69, 9.17) is 14.2 Å². The number of quaternary nitrogens is 1. The topological polar surface area (TPSA) is 102 Å². The van der Waals surface area contributed by atoms with Crippen molar-refractivity contribution in [3.05, 3.63) is 12.2 Å². The van der Waals surface area contributed by atoms with Crippen LogP contribution in [0.25, 0.3) is 0 Å². The number of rotatable bonds is 39. The molecule has 0 aliphatic carbocycles. The summed E-state index contributed by atoms with van der Waals surface area (Å²) >= 11 is 0. The maximum absolute atomic E-state index is 12.7. The van der Waals surface area contributed by atoms with E-state index in [-0.39, 0.29) is 42.7 Å². The van der Waals surface area contributed by atoms with Gasteiger partial charge in [-0.15, -0.1) is 0 Å². The molecule has 0 rings (SSSR count). The van der Waals surface area contributed by atoms with Crippen LogP contribution in [0, 0.1) is 0 Å². The highest BCUT2D eigenvalue weighted by molar-refractivity contribution is 5.70. The molecule has 2 unspecified atom stereocenters. The molecule has 306 valence electrons. The Morgan fingerprint density at radius 3 is 1.40 bits per heavy atom. The van der Waals surface area contributed by atoms with Crippen molar-refractivity contribution in [3.8, 4) is 0 Å². The second-order valence-electron chi connectivity index (χ2n) is 15.9. The van der Waals surface area contributed by atoms with Crippen molar-refractivity contribution < 1.29 is 38.2 Å². The average molecular weight is 738 g/mol. The summed E-state index contributed by atoms with van der Waals surface area (Å²) in [7, 11) is 5.41. The third-order valence-corrected chi connectivity index (χ3v) is 9.90. The van der Waals surface area contributed by atoms with E-state index < -0.39 is 18.1 Å². The number of allylic oxidation sites excluding steroid dienone is 2. The zero-order valence-electron chi connectivity index (χ0n) is 34.7. The van der Waals surface area contributed by atoms with Gasteiger partial charge in [0.25, 0.3) is 0 Å². The summed E-state index contributed by atoms with van der Waals surface area (Å²) in [5, 5.41) is 11.6. The Morgan fingerprint density at radius 1 is 0.558 bits per heavy atom. The summed E-state index contributed by atoms with van der Waals surface area (Å²) in [4.78, 5) is 36.8. The molecule has 0 saturated heterocycles. The molecule has 0 spiro atoms. The van der Waals surface area contributed by atoms with Gasteiger partial charge in [-0.25, -0.2) is 0 Å². The maximum atomic E-state index is 12.7. The Bertz CT molecular complexity index is 869. The number of hydrogen-bond donors (Lipinski definition) is 0. The van der Waals surface area contributed by atoms with E-state index in [2.05, 4.69) is 26.0 Å². The highest BCUT2D eigenvalue weighted by Gasteiger charge is 2.25. The molecule has 0 aliphatic rings. The van der Waals surface area contributed by atoms with Crippen LogP contribution in [0.5, 0.6) is 0 Å². The molecule has 0 aromatic heterocycles. The first-order valence-corrected chi connectivity index (χ1v) is 21.7. The Labute approximate surface area is 320 Å². The Balaban J connectivity index is 4.34. The Hall–Kier alpha value is -1.93. The molecule has 0 amide bonds. The van der Waals surface area contributed by atoms with Crippen LogP contribution in [0.2, 0.25) is 0 Å². The third-order valence-electron chi connectivity index (χ3n) is 9.90. The molecular weight excluding hydrogens is 654 g/mol. The van der Waals surface area contributed by atoms with E-state index in [0.29, 0.717) is 12.8 Å². The van der Waals surface area contributed by atoms with E-state index in [1.54, 1.807) is 21.1 Å². The fourth-order valence-corrected chi connectivity index (χ4v) is 6.48. The monoisotopic (exact) mass is 738 g/mol. The molecular formula is C44H83NO7. The fourth-order valence-electron chi connectivity index (χ4n) is 6.48. The van der Waals surface area contributed by atoms with Crippen LogP contribution in [0.4, 0.5) is 0 Å². The lowest BCUT2D eigenvalue weighted by Gasteiger charge is -2.34. The molecule has 0 aliphatic heterocycles. The van der Waals surface area contributed by atoms with E-state index in [9.17, 15) is 19.5 Å². The van der Waals surface area contributed by atoms with Crippen LogP contribution < -0.4 is 5.11 Å². The van der Waals surface area contributed by atoms with Gasteiger partial charge >= 0.3 is 11.9 Å². The number of carboxylic acid groups (broad SMARTS) is 1. The summed E-state index contributed by atoms with van der Waals surface area (Å²) < 4.78 is 17.2. The Kier molecular flexibility index (Phi) is 34.7. The third kappa shape index (κ3) is 33.9. The molecule has 8 heteroatoms. The van der Waals surface area contributed by atoms with Crippen molar-refractivity contribution >= 4 is 17.9 Å². The number of carbonyl (C=O) groups excluding carboxylic acids is 3. The van der Waals surface area contributed by atoms with Gasteiger partial charge in [0.15, 0.2) is 6.10 Å². The molecule has 0 bridgehead atoms. The molecule has 0 fully saturated rings. The predicted molar refractivity (Wildman–Crippen MR) is 213 cm³/mol. The van der Waals surface area contributed by atoms with Crippen molar-refractivity contribution in [1.82, 2.24) is 0 Å². The lowest BCUT2D eigenvalue weighted by molar-refractivity contribution is -0.889. The molecule has 2 atom stereocenters. The van der Waals surface area contributed by atoms with Crippen LogP contribution in [0.1, 0.15) is 200 Å². The van der Waals surface area contributed by atoms with Crippen molar-refractivity contribution in [2.24, 2.45) is 0 Å². The first-order chi connectivity index (χ1) is 25.1. The van der Waals surface area contributed by atoms with E-state index in [1.165, 1.54) is 128 Å². The lowest BCUT2D eigenvalue weighted by atomic mass is 10.0. The maximum Gasteiger partial charge on any atom is 0.306 e. The first kappa shape index (κ1) is 50.1. The summed E-state index contributed by atoms with van der Waals surface area (Å²) in [5.74, 6) is -1.73. The summed E-state index contributed by atoms with van der Waals surface area (Å²) in [5.41, 5.74) is 0. The number of carboxylic acids is 1. The van der Waals surface area contributed by atoms with Crippen molar-refractivity contribution in [2.75, 3.05) is 41.0 Å². The average Bonchev–Trinajstić information content (AvgIpc) is 3.09. The summed E-state index contributed by atoms with van der Waals surface area (Å²) in [6.45, 7) is 4.66. The number of carbonyl (C=O) groups is 3. The molecule has 0 N–H and O–H groups in total. The van der Waals surface area contributed by atoms with Crippen LogP contribution in [0.15, 0.2) is 12.2 Å². The molecule has 0 aromatic rings. The van der Waals surface area contributed by atoms with Crippen molar-refractivity contribution in [1.29, 1.82) is 0 Å². The number of aliphatic carboxylic acids is 1. The molecule has 0 aromatic carbocycles. The highest BCUT2D eigenvalue weighted by Crippen LogP contribution is 2.15. The van der Waals surface area contributed by atoms with Crippen LogP contribution >= 0.6 is 0 Å². The Morgan fingerprint density at radius 2 is 0.962 bits per heavy atom. The van der Waals surface area contributed by atoms with Gasteiger partial charge in [-0.1, -0.05) is 154 Å². The zero-order valence-corrected chi connectivity index (χ0v) is 34.7. The van der Waals surface area contributed by atoms with Gasteiger partial charge in [0.2, 0.25) is 0 Å². The van der Waals surface area contributed by atoms with E-state index in [0.717, 1.165) is 38.5 Å². The molecule has 0 heterocycles. The number of ether oxygens (including phenoxy) is 3. The van der Waals surface area contributed by atoms with Crippen molar-refractivity contribution in [3.63, 3.8) is 0 Å². The number of hydrogen-bond acceptors (Lipinski definition) is 7. The van der Waals surface area contributed by atoms with Gasteiger partial charge in [0.05, 0.1) is 40.3 Å². The van der Waals surface area contributed by atoms with E-state index in [1.807, 2.05) is 0 Å². The minimum absolute atomic E-state index is 0.0444. The largest absolute Gasteiger partial charge is 0.544 e. The smallest absolute Gasteiger partial charge is 0.306 e. The summed E-state index contributed by atoms with van der Waals surface area (Å²) in [6.07, 6.45) is 36.5. The van der Waals surface area contributed by atoms with Gasteiger partial charge in [-0.05, 0) is 38.5 Å². The molecule has 0 saturated carbocycles. The van der Waals surface area contributed by atoms with Gasteiger partial charge in [-0.3, -0.25) is 9.59 Å². The highest BCUT2D eigenvalue weighted by atomic mass is 16.6.